The zero-order valence-electron chi connectivity index (χ0n) is 13.5. The molecule has 120 valence electrons. The fourth-order valence-corrected chi connectivity index (χ4v) is 3.02. The minimum Gasteiger partial charge on any atom is -0.367 e. The van der Waals surface area contributed by atoms with Gasteiger partial charge >= 0.3 is 0 Å². The summed E-state index contributed by atoms with van der Waals surface area (Å²) < 4.78 is 0. The van der Waals surface area contributed by atoms with Crippen LogP contribution in [0.3, 0.4) is 0 Å². The first-order valence-corrected chi connectivity index (χ1v) is 8.04. The van der Waals surface area contributed by atoms with E-state index in [-0.39, 0.29) is 12.1 Å². The molecule has 2 heterocycles. The average molecular weight is 310 g/mol. The van der Waals surface area contributed by atoms with Gasteiger partial charge in [0.15, 0.2) is 0 Å². The van der Waals surface area contributed by atoms with Crippen LogP contribution in [-0.2, 0) is 0 Å². The summed E-state index contributed by atoms with van der Waals surface area (Å²) in [5.41, 5.74) is 6.36. The fraction of sp³-hybridized carbons (Fsp3) is 0.471. The number of hydrogen-bond acceptors (Lipinski definition) is 6. The van der Waals surface area contributed by atoms with Gasteiger partial charge in [0.1, 0.15) is 23.4 Å². The molecule has 0 amide bonds. The fourth-order valence-electron chi connectivity index (χ4n) is 3.02. The van der Waals surface area contributed by atoms with Crippen molar-refractivity contribution in [3.63, 3.8) is 0 Å². The van der Waals surface area contributed by atoms with Crippen molar-refractivity contribution < 1.29 is 0 Å². The molecule has 2 atom stereocenters. The molecule has 6 heteroatoms. The lowest BCUT2D eigenvalue weighted by molar-refractivity contribution is 0.687. The van der Waals surface area contributed by atoms with Crippen molar-refractivity contribution in [1.29, 1.82) is 5.26 Å². The Morgan fingerprint density at radius 1 is 1.35 bits per heavy atom. The summed E-state index contributed by atoms with van der Waals surface area (Å²) in [6.45, 7) is 4.10. The predicted octanol–water partition coefficient (Wildman–Crippen LogP) is 2.61. The van der Waals surface area contributed by atoms with Gasteiger partial charge in [-0.1, -0.05) is 0 Å². The van der Waals surface area contributed by atoms with Gasteiger partial charge in [-0.15, -0.1) is 0 Å². The van der Waals surface area contributed by atoms with Crippen molar-refractivity contribution in [3.05, 3.63) is 24.0 Å². The van der Waals surface area contributed by atoms with E-state index < -0.39 is 0 Å². The molecular formula is C17H22N6. The van der Waals surface area contributed by atoms with E-state index in [4.69, 9.17) is 11.0 Å². The average Bonchev–Trinajstić information content (AvgIpc) is 2.92. The van der Waals surface area contributed by atoms with Crippen molar-refractivity contribution in [2.75, 3.05) is 10.6 Å². The van der Waals surface area contributed by atoms with Gasteiger partial charge in [-0.05, 0) is 45.2 Å². The van der Waals surface area contributed by atoms with E-state index in [0.717, 1.165) is 41.7 Å². The Morgan fingerprint density at radius 2 is 2.17 bits per heavy atom. The molecule has 1 aliphatic carbocycles. The Hall–Kier alpha value is -2.39. The summed E-state index contributed by atoms with van der Waals surface area (Å²) in [5, 5.41) is 17.8. The number of hydrogen-bond donors (Lipinski definition) is 3. The van der Waals surface area contributed by atoms with E-state index in [9.17, 15) is 0 Å². The van der Waals surface area contributed by atoms with E-state index in [2.05, 4.69) is 26.7 Å². The first-order chi connectivity index (χ1) is 11.0. The van der Waals surface area contributed by atoms with Gasteiger partial charge in [-0.2, -0.15) is 5.26 Å². The largest absolute Gasteiger partial charge is 0.367 e. The van der Waals surface area contributed by atoms with Crippen LogP contribution in [0, 0.1) is 11.3 Å². The highest BCUT2D eigenvalue weighted by Crippen LogP contribution is 2.27. The molecule has 3 rings (SSSR count). The lowest BCUT2D eigenvalue weighted by Crippen LogP contribution is -2.21. The first kappa shape index (κ1) is 15.5. The monoisotopic (exact) mass is 310 g/mol. The minimum atomic E-state index is 0.233. The second kappa shape index (κ2) is 6.39. The molecule has 2 aromatic heterocycles. The summed E-state index contributed by atoms with van der Waals surface area (Å²) in [5.74, 6) is 1.55. The summed E-state index contributed by atoms with van der Waals surface area (Å²) in [7, 11) is 0. The molecule has 0 saturated heterocycles. The molecule has 2 aromatic rings. The number of aromatic nitrogens is 2. The Balaban J connectivity index is 1.95. The summed E-state index contributed by atoms with van der Waals surface area (Å²) in [6, 6.07) is 6.76. The van der Waals surface area contributed by atoms with Crippen LogP contribution in [0.4, 0.5) is 11.6 Å². The highest BCUT2D eigenvalue weighted by Gasteiger charge is 2.22. The smallest absolute Gasteiger partial charge is 0.143 e. The van der Waals surface area contributed by atoms with Crippen LogP contribution in [0.5, 0.6) is 0 Å². The number of nitriles is 1. The quantitative estimate of drug-likeness (QED) is 0.802. The van der Waals surface area contributed by atoms with Crippen molar-refractivity contribution >= 4 is 22.4 Å². The van der Waals surface area contributed by atoms with Crippen LogP contribution in [0.25, 0.3) is 10.8 Å². The first-order valence-electron chi connectivity index (χ1n) is 8.04. The van der Waals surface area contributed by atoms with Gasteiger partial charge in [0, 0.05) is 35.1 Å². The number of nitrogens with one attached hydrogen (secondary N) is 2. The number of pyridine rings is 2. The third kappa shape index (κ3) is 3.51. The van der Waals surface area contributed by atoms with E-state index in [1.54, 1.807) is 12.3 Å². The summed E-state index contributed by atoms with van der Waals surface area (Å²) in [4.78, 5) is 8.87. The third-order valence-corrected chi connectivity index (χ3v) is 4.08. The van der Waals surface area contributed by atoms with Gasteiger partial charge < -0.3 is 16.4 Å². The van der Waals surface area contributed by atoms with Crippen LogP contribution >= 0.6 is 0 Å². The predicted molar refractivity (Wildman–Crippen MR) is 92.2 cm³/mol. The summed E-state index contributed by atoms with van der Waals surface area (Å²) >= 11 is 0. The van der Waals surface area contributed by atoms with Crippen molar-refractivity contribution in [2.24, 2.45) is 5.73 Å². The molecule has 0 bridgehead atoms. The van der Waals surface area contributed by atoms with Gasteiger partial charge in [-0.25, -0.2) is 9.97 Å². The molecule has 1 saturated carbocycles. The molecule has 6 nitrogen and oxygen atoms in total. The summed E-state index contributed by atoms with van der Waals surface area (Å²) in [6.07, 6.45) is 4.89. The van der Waals surface area contributed by atoms with Crippen LogP contribution in [0.1, 0.15) is 38.8 Å². The maximum atomic E-state index is 9.14. The molecule has 0 aliphatic heterocycles. The van der Waals surface area contributed by atoms with Crippen LogP contribution < -0.4 is 16.4 Å². The van der Waals surface area contributed by atoms with Crippen LogP contribution in [-0.4, -0.2) is 28.1 Å². The van der Waals surface area contributed by atoms with Gasteiger partial charge in [-0.3, -0.25) is 0 Å². The molecular weight excluding hydrogens is 288 g/mol. The number of anilines is 2. The second-order valence-corrected chi connectivity index (χ2v) is 6.47. The van der Waals surface area contributed by atoms with Crippen molar-refractivity contribution in [3.8, 4) is 6.07 Å². The number of rotatable bonds is 4. The molecule has 4 N–H and O–H groups in total. The Kier molecular flexibility index (Phi) is 4.30. The number of nitrogens with two attached hydrogens (primary N) is 1. The number of nitrogens with zero attached hydrogens (tertiary/aromatic N) is 3. The molecule has 1 unspecified atom stereocenters. The topological polar surface area (TPSA) is 99.6 Å². The Morgan fingerprint density at radius 3 is 2.83 bits per heavy atom. The molecule has 1 aliphatic rings. The van der Waals surface area contributed by atoms with E-state index >= 15 is 0 Å². The molecule has 1 fully saturated rings. The van der Waals surface area contributed by atoms with Gasteiger partial charge in [0.2, 0.25) is 0 Å². The minimum absolute atomic E-state index is 0.233. The van der Waals surface area contributed by atoms with E-state index in [1.165, 1.54) is 0 Å². The Bertz CT molecular complexity index is 749. The molecule has 23 heavy (non-hydrogen) atoms. The van der Waals surface area contributed by atoms with Crippen molar-refractivity contribution in [1.82, 2.24) is 9.97 Å². The van der Waals surface area contributed by atoms with Crippen LogP contribution in [0.15, 0.2) is 18.3 Å². The van der Waals surface area contributed by atoms with Gasteiger partial charge in [0.25, 0.3) is 0 Å². The molecule has 0 radical (unpaired) electrons. The highest BCUT2D eigenvalue weighted by atomic mass is 15.0. The van der Waals surface area contributed by atoms with Gasteiger partial charge in [0.05, 0.1) is 0 Å². The van der Waals surface area contributed by atoms with E-state index in [0.29, 0.717) is 11.7 Å². The maximum absolute atomic E-state index is 9.14. The maximum Gasteiger partial charge on any atom is 0.143 e. The Labute approximate surface area is 136 Å². The lowest BCUT2D eigenvalue weighted by atomic mass is 10.1. The molecule has 0 aromatic carbocycles. The van der Waals surface area contributed by atoms with Crippen LogP contribution in [0.2, 0.25) is 0 Å². The normalized spacial score (nSPS) is 20.7. The third-order valence-electron chi connectivity index (χ3n) is 4.08. The zero-order valence-corrected chi connectivity index (χ0v) is 13.5. The second-order valence-electron chi connectivity index (χ2n) is 6.47. The standard InChI is InChI=1S/C17H22N6/c1-10(2)21-17-15-7-16(22-13-4-3-12(19)6-13)20-9-11(15)5-14(8-18)23-17/h5,7,9-10,12-13H,3-4,6,19H2,1-2H3,(H,20,22)(H,21,23)/t12-,13?/m1/s1. The number of fused-ring (bicyclic) bond motifs is 1. The highest BCUT2D eigenvalue weighted by molar-refractivity contribution is 5.93. The molecule has 0 spiro atoms. The SMILES string of the molecule is CC(C)Nc1nc(C#N)cc2cnc(NC3CC[C@@H](N)C3)cc12. The zero-order chi connectivity index (χ0) is 16.4. The lowest BCUT2D eigenvalue weighted by Gasteiger charge is -2.16. The van der Waals surface area contributed by atoms with E-state index in [1.807, 2.05) is 19.9 Å². The van der Waals surface area contributed by atoms with Crippen molar-refractivity contribution in [2.45, 2.75) is 51.2 Å².